The summed E-state index contributed by atoms with van der Waals surface area (Å²) in [4.78, 5) is 11.9. The summed E-state index contributed by atoms with van der Waals surface area (Å²) < 4.78 is 16.3. The fourth-order valence-electron chi connectivity index (χ4n) is 3.38. The van der Waals surface area contributed by atoms with Gasteiger partial charge < -0.3 is 14.2 Å². The van der Waals surface area contributed by atoms with E-state index in [2.05, 4.69) is 43.4 Å². The van der Waals surface area contributed by atoms with Gasteiger partial charge in [0.05, 0.1) is 19.3 Å². The van der Waals surface area contributed by atoms with Crippen LogP contribution >= 0.6 is 0 Å². The third kappa shape index (κ3) is 16.4. The Morgan fingerprint density at radius 1 is 0.900 bits per heavy atom. The van der Waals surface area contributed by atoms with E-state index in [1.165, 1.54) is 19.3 Å². The van der Waals surface area contributed by atoms with Gasteiger partial charge >= 0.3 is 5.97 Å². The van der Waals surface area contributed by atoms with E-state index >= 15 is 0 Å². The van der Waals surface area contributed by atoms with Crippen molar-refractivity contribution in [3.63, 3.8) is 0 Å². The first-order valence-electron chi connectivity index (χ1n) is 12.1. The molecular formula is C26H44O4. The molecule has 0 N–H and O–H groups in total. The fourth-order valence-corrected chi connectivity index (χ4v) is 3.38. The van der Waals surface area contributed by atoms with E-state index in [9.17, 15) is 4.79 Å². The molecule has 4 nitrogen and oxygen atoms in total. The molecule has 0 amide bonds. The van der Waals surface area contributed by atoms with Crippen LogP contribution in [0.3, 0.4) is 0 Å². The molecule has 1 rings (SSSR count). The zero-order chi connectivity index (χ0) is 21.7. The number of rotatable bonds is 18. The van der Waals surface area contributed by atoms with E-state index in [0.29, 0.717) is 19.6 Å². The van der Waals surface area contributed by atoms with Crippen LogP contribution in [0.2, 0.25) is 0 Å². The molecule has 1 heterocycles. The van der Waals surface area contributed by atoms with Crippen molar-refractivity contribution in [2.75, 3.05) is 13.2 Å². The van der Waals surface area contributed by atoms with Crippen molar-refractivity contribution in [1.29, 1.82) is 0 Å². The smallest absolute Gasteiger partial charge is 0.306 e. The molecule has 172 valence electrons. The first-order valence-corrected chi connectivity index (χ1v) is 12.1. The van der Waals surface area contributed by atoms with Crippen LogP contribution < -0.4 is 0 Å². The van der Waals surface area contributed by atoms with Gasteiger partial charge in [0.15, 0.2) is 6.29 Å². The average molecular weight is 421 g/mol. The van der Waals surface area contributed by atoms with Crippen molar-refractivity contribution in [3.8, 4) is 0 Å². The van der Waals surface area contributed by atoms with E-state index in [1.54, 1.807) is 0 Å². The number of ether oxygens (including phenoxy) is 3. The third-order valence-corrected chi connectivity index (χ3v) is 5.11. The fraction of sp³-hybridized carbons (Fsp3) is 0.731. The molecule has 0 aromatic rings. The van der Waals surface area contributed by atoms with Crippen molar-refractivity contribution >= 4 is 5.97 Å². The molecule has 0 radical (unpaired) electrons. The second-order valence-electron chi connectivity index (χ2n) is 8.00. The number of hydrogen-bond donors (Lipinski definition) is 0. The van der Waals surface area contributed by atoms with Gasteiger partial charge in [-0.15, -0.1) is 0 Å². The Labute approximate surface area is 184 Å². The topological polar surface area (TPSA) is 44.8 Å². The van der Waals surface area contributed by atoms with Crippen molar-refractivity contribution in [2.24, 2.45) is 0 Å². The van der Waals surface area contributed by atoms with Gasteiger partial charge in [-0.3, -0.25) is 4.79 Å². The predicted octanol–water partition coefficient (Wildman–Crippen LogP) is 7.05. The first kappa shape index (κ1) is 26.6. The largest absolute Gasteiger partial charge is 0.463 e. The quantitative estimate of drug-likeness (QED) is 0.135. The summed E-state index contributed by atoms with van der Waals surface area (Å²) in [6, 6.07) is 0. The van der Waals surface area contributed by atoms with Crippen LogP contribution in [-0.2, 0) is 19.0 Å². The molecule has 0 saturated carbocycles. The lowest BCUT2D eigenvalue weighted by Crippen LogP contribution is -2.16. The van der Waals surface area contributed by atoms with Crippen LogP contribution in [0.4, 0.5) is 0 Å². The first-order chi connectivity index (χ1) is 14.7. The minimum absolute atomic E-state index is 0.0201. The highest BCUT2D eigenvalue weighted by Crippen LogP contribution is 2.14. The summed E-state index contributed by atoms with van der Waals surface area (Å²) in [6.45, 7) is 5.52. The summed E-state index contributed by atoms with van der Waals surface area (Å²) >= 11 is 0. The van der Waals surface area contributed by atoms with E-state index in [-0.39, 0.29) is 18.4 Å². The monoisotopic (exact) mass is 420 g/mol. The van der Waals surface area contributed by atoms with Gasteiger partial charge in [-0.1, -0.05) is 62.6 Å². The van der Waals surface area contributed by atoms with E-state index in [4.69, 9.17) is 14.2 Å². The molecule has 0 bridgehead atoms. The summed E-state index contributed by atoms with van der Waals surface area (Å²) in [5.41, 5.74) is 0. The molecule has 0 aromatic carbocycles. The van der Waals surface area contributed by atoms with Crippen molar-refractivity contribution < 1.29 is 19.0 Å². The van der Waals surface area contributed by atoms with Gasteiger partial charge in [-0.2, -0.15) is 0 Å². The summed E-state index contributed by atoms with van der Waals surface area (Å²) in [5.74, 6) is -0.0583. The second kappa shape index (κ2) is 19.6. The Hall–Kier alpha value is -1.39. The van der Waals surface area contributed by atoms with Gasteiger partial charge in [0.25, 0.3) is 0 Å². The van der Waals surface area contributed by atoms with E-state index in [1.807, 2.05) is 6.92 Å². The predicted molar refractivity (Wildman–Crippen MR) is 124 cm³/mol. The number of hydrogen-bond acceptors (Lipinski definition) is 4. The standard InChI is InChI=1S/C26H44O4/c1-3-4-5-6-7-8-9-10-11-12-13-14-15-16-17-20-25(27)30-24(2)19-18-21-26-28-22-23-29-26/h4-5,7-8,10-11,24,26H,3,6,9,12-23H2,1-2H3/b5-4-,8-7-,11-10-. The van der Waals surface area contributed by atoms with Crippen LogP contribution in [0.1, 0.15) is 97.3 Å². The van der Waals surface area contributed by atoms with Crippen LogP contribution in [0, 0.1) is 0 Å². The maximum absolute atomic E-state index is 11.9. The van der Waals surface area contributed by atoms with Crippen LogP contribution in [0.15, 0.2) is 36.5 Å². The maximum atomic E-state index is 11.9. The van der Waals surface area contributed by atoms with Crippen LogP contribution in [0.5, 0.6) is 0 Å². The Bertz CT molecular complexity index is 489. The summed E-state index contributed by atoms with van der Waals surface area (Å²) in [7, 11) is 0. The van der Waals surface area contributed by atoms with E-state index < -0.39 is 0 Å². The summed E-state index contributed by atoms with van der Waals surface area (Å²) in [5, 5.41) is 0. The van der Waals surface area contributed by atoms with Crippen molar-refractivity contribution in [3.05, 3.63) is 36.5 Å². The molecule has 4 heteroatoms. The lowest BCUT2D eigenvalue weighted by molar-refractivity contribution is -0.148. The number of carbonyl (C=O) groups excluding carboxylic acids is 1. The van der Waals surface area contributed by atoms with Crippen molar-refractivity contribution in [1.82, 2.24) is 0 Å². The van der Waals surface area contributed by atoms with Gasteiger partial charge in [0.2, 0.25) is 0 Å². The number of allylic oxidation sites excluding steroid dienone is 6. The van der Waals surface area contributed by atoms with Gasteiger partial charge in [-0.05, 0) is 64.7 Å². The molecule has 0 aliphatic carbocycles. The molecule has 1 aliphatic heterocycles. The number of unbranched alkanes of at least 4 members (excludes halogenated alkanes) is 5. The molecule has 1 aliphatic rings. The maximum Gasteiger partial charge on any atom is 0.306 e. The summed E-state index contributed by atoms with van der Waals surface area (Å²) in [6.07, 6.45) is 26.6. The molecular weight excluding hydrogens is 376 g/mol. The highest BCUT2D eigenvalue weighted by molar-refractivity contribution is 5.69. The molecule has 30 heavy (non-hydrogen) atoms. The Kier molecular flexibility index (Phi) is 17.4. The van der Waals surface area contributed by atoms with E-state index in [0.717, 1.165) is 57.8 Å². The molecule has 0 spiro atoms. The highest BCUT2D eigenvalue weighted by Gasteiger charge is 2.16. The molecule has 1 atom stereocenters. The average Bonchev–Trinajstić information content (AvgIpc) is 3.24. The molecule has 1 fully saturated rings. The lowest BCUT2D eigenvalue weighted by Gasteiger charge is -2.14. The van der Waals surface area contributed by atoms with Gasteiger partial charge in [0, 0.05) is 6.42 Å². The second-order valence-corrected chi connectivity index (χ2v) is 8.00. The molecule has 0 aromatic heterocycles. The zero-order valence-electron chi connectivity index (χ0n) is 19.4. The number of carbonyl (C=O) groups is 1. The lowest BCUT2D eigenvalue weighted by atomic mass is 10.1. The minimum atomic E-state index is -0.0583. The molecule has 1 unspecified atom stereocenters. The Morgan fingerprint density at radius 2 is 1.53 bits per heavy atom. The number of esters is 1. The van der Waals surface area contributed by atoms with Crippen molar-refractivity contribution in [2.45, 2.75) is 110 Å². The Morgan fingerprint density at radius 3 is 2.27 bits per heavy atom. The minimum Gasteiger partial charge on any atom is -0.463 e. The highest BCUT2D eigenvalue weighted by atomic mass is 16.7. The normalized spacial score (nSPS) is 16.3. The SMILES string of the molecule is CC/C=C\C/C=C\C/C=C\CCCCCCCC(=O)OC(C)CCCC1OCCO1. The third-order valence-electron chi connectivity index (χ3n) is 5.11. The molecule has 1 saturated heterocycles. The zero-order valence-corrected chi connectivity index (χ0v) is 19.4. The van der Waals surface area contributed by atoms with Gasteiger partial charge in [-0.25, -0.2) is 0 Å². The van der Waals surface area contributed by atoms with Gasteiger partial charge in [0.1, 0.15) is 0 Å². The Balaban J connectivity index is 1.85. The van der Waals surface area contributed by atoms with Crippen LogP contribution in [0.25, 0.3) is 0 Å². The van der Waals surface area contributed by atoms with Crippen LogP contribution in [-0.4, -0.2) is 31.6 Å².